The van der Waals surface area contributed by atoms with Crippen molar-refractivity contribution in [3.05, 3.63) is 110 Å². The SMILES string of the molecule is O=C1CCCc2ccc(Br)cc2C=C1C(c1cccc(Cl)c1)C1(O)CCNC(Cc2ccccc2)C1. The smallest absolute Gasteiger partial charge is 0.159 e. The molecule has 0 amide bonds. The molecule has 3 aromatic carbocycles. The molecule has 3 unspecified atom stereocenters. The van der Waals surface area contributed by atoms with E-state index in [2.05, 4.69) is 51.6 Å². The van der Waals surface area contributed by atoms with Crippen molar-refractivity contribution < 1.29 is 9.90 Å². The minimum Gasteiger partial charge on any atom is -0.389 e. The number of fused-ring (bicyclic) bond motifs is 1. The predicted molar refractivity (Wildman–Crippen MR) is 150 cm³/mol. The maximum Gasteiger partial charge on any atom is 0.159 e. The van der Waals surface area contributed by atoms with Crippen LogP contribution in [0.25, 0.3) is 6.08 Å². The van der Waals surface area contributed by atoms with Gasteiger partial charge in [0.1, 0.15) is 0 Å². The van der Waals surface area contributed by atoms with Crippen LogP contribution in [0.3, 0.4) is 0 Å². The average molecular weight is 565 g/mol. The molecule has 5 heteroatoms. The summed E-state index contributed by atoms with van der Waals surface area (Å²) in [5, 5.41) is 16.6. The summed E-state index contributed by atoms with van der Waals surface area (Å²) >= 11 is 10.0. The van der Waals surface area contributed by atoms with Gasteiger partial charge in [-0.1, -0.05) is 76.1 Å². The van der Waals surface area contributed by atoms with Crippen molar-refractivity contribution in [1.29, 1.82) is 0 Å². The summed E-state index contributed by atoms with van der Waals surface area (Å²) in [7, 11) is 0. The van der Waals surface area contributed by atoms with Gasteiger partial charge in [0.05, 0.1) is 5.60 Å². The Labute approximate surface area is 226 Å². The van der Waals surface area contributed by atoms with E-state index in [1.54, 1.807) is 0 Å². The Morgan fingerprint density at radius 3 is 2.69 bits per heavy atom. The summed E-state index contributed by atoms with van der Waals surface area (Å²) in [4.78, 5) is 13.7. The number of benzene rings is 3. The molecule has 5 rings (SSSR count). The van der Waals surface area contributed by atoms with Gasteiger partial charge in [-0.05, 0) is 91.2 Å². The average Bonchev–Trinajstić information content (AvgIpc) is 2.84. The van der Waals surface area contributed by atoms with E-state index in [0.29, 0.717) is 36.4 Å². The van der Waals surface area contributed by atoms with Gasteiger partial charge in [0.25, 0.3) is 0 Å². The summed E-state index contributed by atoms with van der Waals surface area (Å²) in [6, 6.07) is 24.4. The number of nitrogens with one attached hydrogen (secondary N) is 1. The van der Waals surface area contributed by atoms with Crippen LogP contribution in [0.5, 0.6) is 0 Å². The Balaban J connectivity index is 1.59. The molecule has 2 N–H and O–H groups in total. The van der Waals surface area contributed by atoms with Crippen LogP contribution in [0.1, 0.15) is 53.9 Å². The van der Waals surface area contributed by atoms with Crippen LogP contribution in [0.4, 0.5) is 0 Å². The van der Waals surface area contributed by atoms with Crippen molar-refractivity contribution in [2.75, 3.05) is 6.54 Å². The molecule has 1 aliphatic carbocycles. The number of piperidine rings is 1. The first-order chi connectivity index (χ1) is 17.4. The van der Waals surface area contributed by atoms with E-state index < -0.39 is 11.5 Å². The number of aryl methyl sites for hydroxylation is 1. The van der Waals surface area contributed by atoms with E-state index in [1.807, 2.05) is 48.5 Å². The summed E-state index contributed by atoms with van der Waals surface area (Å²) < 4.78 is 0.979. The van der Waals surface area contributed by atoms with Gasteiger partial charge in [0.2, 0.25) is 0 Å². The molecule has 0 aromatic heterocycles. The second-order valence-corrected chi connectivity index (χ2v) is 11.5. The molecule has 3 aromatic rings. The Bertz CT molecular complexity index is 1270. The molecule has 0 spiro atoms. The Morgan fingerprint density at radius 1 is 1.06 bits per heavy atom. The number of aliphatic hydroxyl groups is 1. The largest absolute Gasteiger partial charge is 0.389 e. The fourth-order valence-corrected chi connectivity index (χ4v) is 6.45. The predicted octanol–water partition coefficient (Wildman–Crippen LogP) is 6.90. The zero-order valence-corrected chi connectivity index (χ0v) is 22.6. The van der Waals surface area contributed by atoms with Crippen molar-refractivity contribution in [3.63, 3.8) is 0 Å². The fourth-order valence-electron chi connectivity index (χ4n) is 5.87. The summed E-state index contributed by atoms with van der Waals surface area (Å²) in [5.74, 6) is -0.355. The van der Waals surface area contributed by atoms with Crippen LogP contribution >= 0.6 is 27.5 Å². The van der Waals surface area contributed by atoms with E-state index in [-0.39, 0.29) is 11.8 Å². The number of Topliss-reactive ketones (excluding diaryl/α,β-unsaturated/α-hetero) is 1. The van der Waals surface area contributed by atoms with Crippen molar-refractivity contribution in [3.8, 4) is 0 Å². The van der Waals surface area contributed by atoms with Crippen LogP contribution in [0, 0.1) is 0 Å². The minimum atomic E-state index is -1.08. The van der Waals surface area contributed by atoms with E-state index in [1.165, 1.54) is 11.1 Å². The highest BCUT2D eigenvalue weighted by Gasteiger charge is 2.45. The van der Waals surface area contributed by atoms with E-state index in [4.69, 9.17) is 11.6 Å². The monoisotopic (exact) mass is 563 g/mol. The maximum atomic E-state index is 13.7. The highest BCUT2D eigenvalue weighted by molar-refractivity contribution is 9.10. The molecule has 3 nitrogen and oxygen atoms in total. The standard InChI is InChI=1S/C31H31BrClNO2/c32-25-13-12-22-8-5-11-29(35)28(19-24(22)17-25)30(23-9-4-10-26(33)18-23)31(36)14-15-34-27(20-31)16-21-6-2-1-3-7-21/h1-4,6-7,9-10,12-13,17-19,27,30,34,36H,5,8,11,14-16,20H2. The molecule has 2 aliphatic rings. The summed E-state index contributed by atoms with van der Waals surface area (Å²) in [6.45, 7) is 0.689. The third-order valence-corrected chi connectivity index (χ3v) is 8.27. The minimum absolute atomic E-state index is 0.108. The normalized spacial score (nSPS) is 23.2. The van der Waals surface area contributed by atoms with Crippen molar-refractivity contribution >= 4 is 39.4 Å². The molecule has 0 bridgehead atoms. The molecule has 1 aliphatic heterocycles. The van der Waals surface area contributed by atoms with Gasteiger partial charge in [-0.25, -0.2) is 0 Å². The van der Waals surface area contributed by atoms with Crippen LogP contribution in [-0.4, -0.2) is 29.1 Å². The number of ketones is 1. The van der Waals surface area contributed by atoms with E-state index in [9.17, 15) is 9.90 Å². The third-order valence-electron chi connectivity index (χ3n) is 7.54. The molecular formula is C31H31BrClNO2. The Kier molecular flexibility index (Phi) is 7.78. The van der Waals surface area contributed by atoms with Crippen LogP contribution in [0.15, 0.2) is 82.8 Å². The first-order valence-corrected chi connectivity index (χ1v) is 13.9. The Morgan fingerprint density at radius 2 is 1.89 bits per heavy atom. The van der Waals surface area contributed by atoms with Crippen LogP contribution < -0.4 is 5.32 Å². The van der Waals surface area contributed by atoms with Gasteiger partial charge in [-0.3, -0.25) is 4.79 Å². The van der Waals surface area contributed by atoms with Gasteiger partial charge in [0, 0.05) is 33.4 Å². The number of hydrogen-bond donors (Lipinski definition) is 2. The zero-order chi connectivity index (χ0) is 25.1. The number of hydrogen-bond acceptors (Lipinski definition) is 3. The maximum absolute atomic E-state index is 13.7. The molecule has 186 valence electrons. The van der Waals surface area contributed by atoms with Crippen molar-refractivity contribution in [2.24, 2.45) is 0 Å². The lowest BCUT2D eigenvalue weighted by atomic mass is 9.68. The van der Waals surface area contributed by atoms with Gasteiger partial charge in [0.15, 0.2) is 5.78 Å². The van der Waals surface area contributed by atoms with Crippen LogP contribution in [0.2, 0.25) is 5.02 Å². The highest BCUT2D eigenvalue weighted by atomic mass is 79.9. The lowest BCUT2D eigenvalue weighted by molar-refractivity contribution is -0.117. The molecule has 1 saturated heterocycles. The van der Waals surface area contributed by atoms with Crippen molar-refractivity contribution in [2.45, 2.75) is 56.1 Å². The lowest BCUT2D eigenvalue weighted by Gasteiger charge is -2.44. The summed E-state index contributed by atoms with van der Waals surface area (Å²) in [6.07, 6.45) is 6.10. The first kappa shape index (κ1) is 25.4. The quantitative estimate of drug-likeness (QED) is 0.354. The van der Waals surface area contributed by atoms with Gasteiger partial charge in [-0.15, -0.1) is 0 Å². The topological polar surface area (TPSA) is 49.3 Å². The van der Waals surface area contributed by atoms with E-state index >= 15 is 0 Å². The van der Waals surface area contributed by atoms with E-state index in [0.717, 1.165) is 34.9 Å². The highest BCUT2D eigenvalue weighted by Crippen LogP contribution is 2.44. The number of carbonyl (C=O) groups is 1. The van der Waals surface area contributed by atoms with Gasteiger partial charge >= 0.3 is 0 Å². The van der Waals surface area contributed by atoms with Gasteiger partial charge < -0.3 is 10.4 Å². The number of halogens is 2. The zero-order valence-electron chi connectivity index (χ0n) is 20.2. The molecule has 1 fully saturated rings. The molecule has 0 radical (unpaired) electrons. The molecule has 0 saturated carbocycles. The van der Waals surface area contributed by atoms with Gasteiger partial charge in [-0.2, -0.15) is 0 Å². The Hall–Kier alpha value is -2.24. The second-order valence-electron chi connectivity index (χ2n) is 10.1. The second kappa shape index (κ2) is 11.0. The number of rotatable bonds is 5. The molecule has 1 heterocycles. The fraction of sp³-hybridized carbons (Fsp3) is 0.323. The molecule has 3 atom stereocenters. The van der Waals surface area contributed by atoms with Crippen molar-refractivity contribution in [1.82, 2.24) is 5.32 Å². The van der Waals surface area contributed by atoms with Crippen LogP contribution in [-0.2, 0) is 17.6 Å². The third kappa shape index (κ3) is 5.68. The summed E-state index contributed by atoms with van der Waals surface area (Å²) in [5.41, 5.74) is 3.99. The lowest BCUT2D eigenvalue weighted by Crippen LogP contribution is -2.52. The first-order valence-electron chi connectivity index (χ1n) is 12.7. The number of carbonyl (C=O) groups excluding carboxylic acids is 1. The molecular weight excluding hydrogens is 534 g/mol. The molecule has 36 heavy (non-hydrogen) atoms.